The number of methoxy groups -OCH3 is 4. The Morgan fingerprint density at radius 1 is 0.455 bits per heavy atom. The Kier molecular flexibility index (Phi) is 12.7. The average Bonchev–Trinajstić information content (AvgIpc) is 3.17. The van der Waals surface area contributed by atoms with E-state index in [1.54, 1.807) is 97.1 Å². The van der Waals surface area contributed by atoms with Gasteiger partial charge in [-0.1, -0.05) is 114 Å². The number of para-hydroxylation sites is 4. The molecule has 4 aromatic carbocycles. The van der Waals surface area contributed by atoms with Gasteiger partial charge in [0.05, 0.1) is 40.5 Å². The van der Waals surface area contributed by atoms with Crippen molar-refractivity contribution in [3.63, 3.8) is 0 Å². The summed E-state index contributed by atoms with van der Waals surface area (Å²) in [6, 6.07) is 26.2. The van der Waals surface area contributed by atoms with E-state index in [0.717, 1.165) is 0 Å². The number of aliphatic hydroxyl groups is 2. The summed E-state index contributed by atoms with van der Waals surface area (Å²) < 4.78 is 23.0. The zero-order valence-corrected chi connectivity index (χ0v) is 34.2. The van der Waals surface area contributed by atoms with Crippen molar-refractivity contribution in [2.24, 2.45) is 16.2 Å². The van der Waals surface area contributed by atoms with E-state index in [1.165, 1.54) is 42.3 Å². The van der Waals surface area contributed by atoms with Crippen LogP contribution in [0.25, 0.3) is 0 Å². The van der Waals surface area contributed by atoms with Crippen molar-refractivity contribution in [1.29, 1.82) is 0 Å². The van der Waals surface area contributed by atoms with E-state index < -0.39 is 51.3 Å². The third-order valence-corrected chi connectivity index (χ3v) is 10.3. The molecule has 0 aromatic heterocycles. The van der Waals surface area contributed by atoms with E-state index in [4.69, 9.17) is 18.9 Å². The fourth-order valence-electron chi connectivity index (χ4n) is 7.37. The van der Waals surface area contributed by atoms with Gasteiger partial charge in [-0.2, -0.15) is 0 Å². The molecule has 4 aromatic rings. The number of amides is 2. The number of nitrogens with one attached hydrogen (secondary N) is 2. The molecule has 0 heterocycles. The van der Waals surface area contributed by atoms with Gasteiger partial charge in [-0.15, -0.1) is 0 Å². The Hall–Kier alpha value is -5.06. The Labute approximate surface area is 326 Å². The highest BCUT2D eigenvalue weighted by atomic mass is 16.5. The van der Waals surface area contributed by atoms with Gasteiger partial charge in [-0.05, 0) is 48.9 Å². The number of ether oxygens (including phenoxy) is 4. The molecule has 0 fully saturated rings. The smallest absolute Gasteiger partial charge is 0.235 e. The Bertz CT molecular complexity index is 1720. The normalized spacial score (nSPS) is 13.6. The topological polar surface area (TPSA) is 136 Å². The minimum atomic E-state index is -1.92. The van der Waals surface area contributed by atoms with Gasteiger partial charge in [0.1, 0.15) is 39.6 Å². The molecular weight excluding hydrogens is 697 g/mol. The Balaban J connectivity index is 1.87. The first-order valence-corrected chi connectivity index (χ1v) is 18.3. The number of carbonyl (C=O) groups is 2. The maximum absolute atomic E-state index is 14.8. The summed E-state index contributed by atoms with van der Waals surface area (Å²) in [5, 5.41) is 32.6. The first-order valence-electron chi connectivity index (χ1n) is 18.3. The number of hydrogen-bond acceptors (Lipinski definition) is 8. The lowest BCUT2D eigenvalue weighted by Gasteiger charge is -2.47. The summed E-state index contributed by atoms with van der Waals surface area (Å²) in [5.74, 6) is 0.290. The lowest BCUT2D eigenvalue weighted by molar-refractivity contribution is -0.146. The second kappa shape index (κ2) is 16.4. The van der Waals surface area contributed by atoms with Crippen molar-refractivity contribution in [1.82, 2.24) is 10.6 Å². The zero-order valence-electron chi connectivity index (χ0n) is 34.2. The first-order chi connectivity index (χ1) is 25.7. The number of benzene rings is 4. The highest BCUT2D eigenvalue weighted by molar-refractivity contribution is 6.04. The van der Waals surface area contributed by atoms with E-state index in [2.05, 4.69) is 10.6 Å². The maximum Gasteiger partial charge on any atom is 0.235 e. The minimum Gasteiger partial charge on any atom is -0.496 e. The van der Waals surface area contributed by atoms with E-state index in [9.17, 15) is 19.8 Å². The second-order valence-corrected chi connectivity index (χ2v) is 16.5. The molecule has 10 heteroatoms. The molecule has 10 nitrogen and oxygen atoms in total. The van der Waals surface area contributed by atoms with Gasteiger partial charge in [-0.25, -0.2) is 0 Å². The van der Waals surface area contributed by atoms with Crippen molar-refractivity contribution in [2.45, 2.75) is 78.7 Å². The Morgan fingerprint density at radius 2 is 0.673 bits per heavy atom. The molecule has 55 heavy (non-hydrogen) atoms. The first kappa shape index (κ1) is 42.7. The van der Waals surface area contributed by atoms with Crippen LogP contribution in [-0.2, 0) is 20.8 Å². The van der Waals surface area contributed by atoms with Crippen molar-refractivity contribution in [3.8, 4) is 23.0 Å². The Morgan fingerprint density at radius 3 is 0.873 bits per heavy atom. The molecular formula is C45H58N2O8. The summed E-state index contributed by atoms with van der Waals surface area (Å²) in [6.45, 7) is 14.4. The molecule has 2 unspecified atom stereocenters. The van der Waals surface area contributed by atoms with Crippen LogP contribution in [0.2, 0.25) is 0 Å². The van der Waals surface area contributed by atoms with Crippen molar-refractivity contribution >= 4 is 11.8 Å². The third-order valence-electron chi connectivity index (χ3n) is 10.3. The van der Waals surface area contributed by atoms with E-state index >= 15 is 0 Å². The van der Waals surface area contributed by atoms with Crippen LogP contribution in [0.5, 0.6) is 23.0 Å². The summed E-state index contributed by atoms with van der Waals surface area (Å²) in [4.78, 5) is 29.5. The molecule has 296 valence electrons. The SMILES string of the molecule is COc1ccccc1C(O)(c1ccccc1OC)C(NC(=O)C(C)(C)C(=O)NC(C(C)(C)C)C(O)(c1ccccc1OC)c1ccccc1OC)C(C)(C)C. The quantitative estimate of drug-likeness (QED) is 0.101. The molecule has 0 saturated carbocycles. The molecule has 0 spiro atoms. The molecule has 4 N–H and O–H groups in total. The fourth-order valence-corrected chi connectivity index (χ4v) is 7.37. The van der Waals surface area contributed by atoms with Crippen LogP contribution < -0.4 is 29.6 Å². The van der Waals surface area contributed by atoms with Gasteiger partial charge in [0.2, 0.25) is 11.8 Å². The van der Waals surface area contributed by atoms with Crippen LogP contribution in [0, 0.1) is 16.2 Å². The highest BCUT2D eigenvalue weighted by Crippen LogP contribution is 2.49. The second-order valence-electron chi connectivity index (χ2n) is 16.5. The van der Waals surface area contributed by atoms with Crippen LogP contribution in [0.1, 0.15) is 77.6 Å². The molecule has 4 rings (SSSR count). The molecule has 2 atom stereocenters. The van der Waals surface area contributed by atoms with Gasteiger partial charge >= 0.3 is 0 Å². The number of rotatable bonds is 14. The maximum atomic E-state index is 14.8. The van der Waals surface area contributed by atoms with Gasteiger partial charge in [0, 0.05) is 22.3 Å². The lowest BCUT2D eigenvalue weighted by Crippen LogP contribution is -2.64. The van der Waals surface area contributed by atoms with Gasteiger partial charge in [0.25, 0.3) is 0 Å². The van der Waals surface area contributed by atoms with Crippen LogP contribution in [0.15, 0.2) is 97.1 Å². The molecule has 0 saturated heterocycles. The number of hydrogen-bond donors (Lipinski definition) is 4. The third kappa shape index (κ3) is 8.16. The molecule has 0 aliphatic carbocycles. The summed E-state index contributed by atoms with van der Waals surface area (Å²) in [5.41, 5.74) is -5.58. The largest absolute Gasteiger partial charge is 0.496 e. The zero-order chi connectivity index (χ0) is 41.0. The lowest BCUT2D eigenvalue weighted by atomic mass is 9.68. The van der Waals surface area contributed by atoms with E-state index in [0.29, 0.717) is 45.3 Å². The van der Waals surface area contributed by atoms with Gasteiger partial charge < -0.3 is 39.8 Å². The molecule has 0 aliphatic heterocycles. The average molecular weight is 755 g/mol. The van der Waals surface area contributed by atoms with E-state index in [-0.39, 0.29) is 0 Å². The van der Waals surface area contributed by atoms with Crippen molar-refractivity contribution in [2.75, 3.05) is 28.4 Å². The summed E-state index contributed by atoms with van der Waals surface area (Å²) in [6.07, 6.45) is 0. The van der Waals surface area contributed by atoms with Gasteiger partial charge in [0.15, 0.2) is 0 Å². The monoisotopic (exact) mass is 754 g/mol. The molecule has 0 radical (unpaired) electrons. The molecule has 0 bridgehead atoms. The van der Waals surface area contributed by atoms with Crippen molar-refractivity contribution in [3.05, 3.63) is 119 Å². The van der Waals surface area contributed by atoms with Crippen LogP contribution in [-0.4, -0.2) is 62.6 Å². The number of carbonyl (C=O) groups excluding carboxylic acids is 2. The van der Waals surface area contributed by atoms with Crippen LogP contribution in [0.4, 0.5) is 0 Å². The highest BCUT2D eigenvalue weighted by Gasteiger charge is 2.54. The van der Waals surface area contributed by atoms with E-state index in [1.807, 2.05) is 41.5 Å². The van der Waals surface area contributed by atoms with Crippen molar-refractivity contribution < 1.29 is 38.7 Å². The summed E-state index contributed by atoms with van der Waals surface area (Å²) in [7, 11) is 6.07. The minimum absolute atomic E-state index is 0.399. The predicted molar refractivity (Wildman–Crippen MR) is 215 cm³/mol. The van der Waals surface area contributed by atoms with Crippen LogP contribution >= 0.6 is 0 Å². The predicted octanol–water partition coefficient (Wildman–Crippen LogP) is 6.98. The molecule has 0 aliphatic rings. The summed E-state index contributed by atoms with van der Waals surface area (Å²) >= 11 is 0. The fraction of sp³-hybridized carbons (Fsp3) is 0.422. The standard InChI is InChI=1S/C45H58N2O8/c1-41(2,3)37(44(50,29-21-13-17-25-33(29)52-9)30-22-14-18-26-34(30)53-10)46-39(48)43(7,8)40(49)47-38(42(4,5)6)45(51,31-23-15-19-27-35(31)54-11)32-24-16-20-28-36(32)55-12/h13-28,37-38,50-51H,1-12H3,(H,46,48)(H,47,49). The van der Waals surface area contributed by atoms with Gasteiger partial charge in [-0.3, -0.25) is 9.59 Å². The molecule has 2 amide bonds. The van der Waals surface area contributed by atoms with Crippen LogP contribution in [0.3, 0.4) is 0 Å².